The molecule has 8 heteroatoms. The van der Waals surface area contributed by atoms with Crippen molar-refractivity contribution in [2.24, 2.45) is 0 Å². The largest absolute Gasteiger partial charge is 0.496 e. The standard InChI is InChI=1S/C26H22N4O4/c1-32-23-13-21(26(31)33-2)29-15-19(23)24-12-20-25(34-24)18(7-8-28-20)16-5-6-22(17(11-16)14-27)30-9-3-4-10-30/h5-8,11-13,15H,3-4,9-10H2,1-2H3. The molecule has 4 heterocycles. The molecule has 1 aliphatic rings. The lowest BCUT2D eigenvalue weighted by molar-refractivity contribution is 0.0593. The predicted octanol–water partition coefficient (Wildman–Crippen LogP) is 4.82. The van der Waals surface area contributed by atoms with Crippen molar-refractivity contribution in [2.45, 2.75) is 12.8 Å². The number of methoxy groups -OCH3 is 2. The number of anilines is 1. The van der Waals surface area contributed by atoms with Gasteiger partial charge in [-0.3, -0.25) is 4.98 Å². The van der Waals surface area contributed by atoms with E-state index in [0.717, 1.165) is 42.7 Å². The second-order valence-corrected chi connectivity index (χ2v) is 7.98. The number of esters is 1. The molecule has 34 heavy (non-hydrogen) atoms. The highest BCUT2D eigenvalue weighted by Crippen LogP contribution is 2.38. The van der Waals surface area contributed by atoms with Crippen molar-refractivity contribution in [1.82, 2.24) is 9.97 Å². The molecule has 5 rings (SSSR count). The molecule has 1 saturated heterocycles. The molecule has 8 nitrogen and oxygen atoms in total. The van der Waals surface area contributed by atoms with Crippen LogP contribution in [0.4, 0.5) is 5.69 Å². The van der Waals surface area contributed by atoms with Crippen LogP contribution in [-0.2, 0) is 4.74 Å². The van der Waals surface area contributed by atoms with Gasteiger partial charge in [-0.15, -0.1) is 0 Å². The molecule has 0 atom stereocenters. The van der Waals surface area contributed by atoms with Crippen molar-refractivity contribution < 1.29 is 18.7 Å². The minimum absolute atomic E-state index is 0.139. The molecular weight excluding hydrogens is 432 g/mol. The number of nitrogens with zero attached hydrogens (tertiary/aromatic N) is 4. The molecule has 1 fully saturated rings. The molecule has 3 aromatic heterocycles. The summed E-state index contributed by atoms with van der Waals surface area (Å²) in [5.74, 6) is 0.381. The van der Waals surface area contributed by atoms with Crippen LogP contribution in [0, 0.1) is 11.3 Å². The molecule has 1 aliphatic heterocycles. The summed E-state index contributed by atoms with van der Waals surface area (Å²) >= 11 is 0. The fraction of sp³-hybridized carbons (Fsp3) is 0.231. The minimum atomic E-state index is -0.552. The number of hydrogen-bond acceptors (Lipinski definition) is 8. The summed E-state index contributed by atoms with van der Waals surface area (Å²) in [6.07, 6.45) is 5.52. The molecule has 0 N–H and O–H groups in total. The van der Waals surface area contributed by atoms with Gasteiger partial charge in [0.2, 0.25) is 0 Å². The van der Waals surface area contributed by atoms with Crippen LogP contribution in [0.15, 0.2) is 53.2 Å². The lowest BCUT2D eigenvalue weighted by Gasteiger charge is -2.19. The quantitative estimate of drug-likeness (QED) is 0.396. The number of benzene rings is 1. The zero-order chi connectivity index (χ0) is 23.7. The molecule has 0 amide bonds. The monoisotopic (exact) mass is 454 g/mol. The number of fused-ring (bicyclic) bond motifs is 1. The van der Waals surface area contributed by atoms with Crippen LogP contribution in [0.25, 0.3) is 33.6 Å². The molecule has 0 unspecified atom stereocenters. The maximum Gasteiger partial charge on any atom is 0.356 e. The van der Waals surface area contributed by atoms with Gasteiger partial charge >= 0.3 is 5.97 Å². The van der Waals surface area contributed by atoms with Gasteiger partial charge in [-0.25, -0.2) is 9.78 Å². The van der Waals surface area contributed by atoms with E-state index in [9.17, 15) is 10.1 Å². The fourth-order valence-corrected chi connectivity index (χ4v) is 4.33. The molecule has 0 bridgehead atoms. The molecule has 0 radical (unpaired) electrons. The van der Waals surface area contributed by atoms with Crippen molar-refractivity contribution in [1.29, 1.82) is 5.26 Å². The Morgan fingerprint density at radius 1 is 1.09 bits per heavy atom. The van der Waals surface area contributed by atoms with Gasteiger partial charge in [0.05, 0.1) is 31.0 Å². The molecular formula is C26H22N4O4. The number of aromatic nitrogens is 2. The summed E-state index contributed by atoms with van der Waals surface area (Å²) in [5, 5.41) is 9.79. The number of pyridine rings is 2. The summed E-state index contributed by atoms with van der Waals surface area (Å²) < 4.78 is 16.4. The Balaban J connectivity index is 1.58. The van der Waals surface area contributed by atoms with Crippen molar-refractivity contribution in [3.8, 4) is 34.3 Å². The third-order valence-corrected chi connectivity index (χ3v) is 6.03. The Labute approximate surface area is 196 Å². The van der Waals surface area contributed by atoms with Crippen LogP contribution < -0.4 is 9.64 Å². The first-order valence-corrected chi connectivity index (χ1v) is 10.9. The van der Waals surface area contributed by atoms with Gasteiger partial charge in [0.25, 0.3) is 0 Å². The van der Waals surface area contributed by atoms with Crippen LogP contribution in [0.1, 0.15) is 28.9 Å². The maximum atomic E-state index is 11.8. The first-order valence-electron chi connectivity index (χ1n) is 10.9. The minimum Gasteiger partial charge on any atom is -0.496 e. The van der Waals surface area contributed by atoms with Gasteiger partial charge in [0, 0.05) is 43.2 Å². The van der Waals surface area contributed by atoms with Gasteiger partial charge in [0.15, 0.2) is 11.3 Å². The number of furan rings is 1. The highest BCUT2D eigenvalue weighted by atomic mass is 16.5. The second-order valence-electron chi connectivity index (χ2n) is 7.98. The normalized spacial score (nSPS) is 13.1. The summed E-state index contributed by atoms with van der Waals surface area (Å²) in [6.45, 7) is 1.94. The molecule has 0 aliphatic carbocycles. The van der Waals surface area contributed by atoms with E-state index in [0.29, 0.717) is 33.7 Å². The number of carbonyl (C=O) groups is 1. The number of hydrogen-bond donors (Lipinski definition) is 0. The van der Waals surface area contributed by atoms with Crippen LogP contribution in [0.2, 0.25) is 0 Å². The van der Waals surface area contributed by atoms with Crippen LogP contribution in [0.3, 0.4) is 0 Å². The Hall–Kier alpha value is -4.38. The number of nitriles is 1. The predicted molar refractivity (Wildman–Crippen MR) is 127 cm³/mol. The van der Waals surface area contributed by atoms with E-state index in [4.69, 9.17) is 13.9 Å². The second kappa shape index (κ2) is 8.87. The third kappa shape index (κ3) is 3.71. The Kier molecular flexibility index (Phi) is 5.60. The van der Waals surface area contributed by atoms with E-state index >= 15 is 0 Å². The Morgan fingerprint density at radius 3 is 2.65 bits per heavy atom. The topological polar surface area (TPSA) is 101 Å². The highest BCUT2D eigenvalue weighted by molar-refractivity contribution is 5.94. The number of ether oxygens (including phenoxy) is 2. The van der Waals surface area contributed by atoms with Gasteiger partial charge in [-0.2, -0.15) is 5.26 Å². The van der Waals surface area contributed by atoms with Crippen molar-refractivity contribution in [2.75, 3.05) is 32.2 Å². The molecule has 0 spiro atoms. The Morgan fingerprint density at radius 2 is 1.91 bits per heavy atom. The summed E-state index contributed by atoms with van der Waals surface area (Å²) in [5.41, 5.74) is 5.29. The fourth-order valence-electron chi connectivity index (χ4n) is 4.33. The van der Waals surface area contributed by atoms with Crippen LogP contribution >= 0.6 is 0 Å². The number of carbonyl (C=O) groups excluding carboxylic acids is 1. The van der Waals surface area contributed by atoms with E-state index < -0.39 is 5.97 Å². The van der Waals surface area contributed by atoms with E-state index in [-0.39, 0.29) is 5.69 Å². The zero-order valence-electron chi connectivity index (χ0n) is 18.9. The van der Waals surface area contributed by atoms with Crippen molar-refractivity contribution in [3.63, 3.8) is 0 Å². The van der Waals surface area contributed by atoms with E-state index in [1.807, 2.05) is 24.3 Å². The highest BCUT2D eigenvalue weighted by Gasteiger charge is 2.20. The van der Waals surface area contributed by atoms with E-state index in [1.165, 1.54) is 26.5 Å². The molecule has 0 saturated carbocycles. The number of rotatable bonds is 5. The first kappa shape index (κ1) is 21.5. The zero-order valence-corrected chi connectivity index (χ0v) is 18.9. The Bertz CT molecular complexity index is 1430. The smallest absolute Gasteiger partial charge is 0.356 e. The molecule has 4 aromatic rings. The molecule has 1 aromatic carbocycles. The lowest BCUT2D eigenvalue weighted by atomic mass is 10.0. The first-order chi connectivity index (χ1) is 16.6. The summed E-state index contributed by atoms with van der Waals surface area (Å²) in [4.78, 5) is 22.7. The average molecular weight is 454 g/mol. The summed E-state index contributed by atoms with van der Waals surface area (Å²) in [6, 6.07) is 13.5. The van der Waals surface area contributed by atoms with Gasteiger partial charge < -0.3 is 18.8 Å². The van der Waals surface area contributed by atoms with Crippen LogP contribution in [-0.4, -0.2) is 43.2 Å². The third-order valence-electron chi connectivity index (χ3n) is 6.03. The van der Waals surface area contributed by atoms with Gasteiger partial charge in [0.1, 0.15) is 23.1 Å². The molecule has 170 valence electrons. The van der Waals surface area contributed by atoms with Crippen LogP contribution in [0.5, 0.6) is 5.75 Å². The van der Waals surface area contributed by atoms with E-state index in [2.05, 4.69) is 20.9 Å². The van der Waals surface area contributed by atoms with Crippen molar-refractivity contribution >= 4 is 22.8 Å². The summed E-state index contributed by atoms with van der Waals surface area (Å²) in [7, 11) is 2.81. The lowest BCUT2D eigenvalue weighted by Crippen LogP contribution is -2.18. The maximum absolute atomic E-state index is 11.8. The van der Waals surface area contributed by atoms with E-state index in [1.54, 1.807) is 12.3 Å². The average Bonchev–Trinajstić information content (AvgIpc) is 3.57. The van der Waals surface area contributed by atoms with Gasteiger partial charge in [-0.05, 0) is 36.6 Å². The van der Waals surface area contributed by atoms with Crippen molar-refractivity contribution in [3.05, 3.63) is 60.0 Å². The SMILES string of the molecule is COC(=O)c1cc(OC)c(-c2cc3nccc(-c4ccc(N5CCCC5)c(C#N)c4)c3o2)cn1. The van der Waals surface area contributed by atoms with Gasteiger partial charge in [-0.1, -0.05) is 6.07 Å².